The summed E-state index contributed by atoms with van der Waals surface area (Å²) < 4.78 is 0. The maximum absolute atomic E-state index is 3.58. The lowest BCUT2D eigenvalue weighted by Crippen LogP contribution is -2.43. The van der Waals surface area contributed by atoms with Crippen LogP contribution in [0.4, 0.5) is 0 Å². The minimum Gasteiger partial charge on any atom is -0.314 e. The van der Waals surface area contributed by atoms with Crippen LogP contribution in [0.3, 0.4) is 0 Å². The Morgan fingerprint density at radius 3 is 1.76 bits per heavy atom. The quantitative estimate of drug-likeness (QED) is 0.612. The summed E-state index contributed by atoms with van der Waals surface area (Å²) in [6.45, 7) is 15.6. The fourth-order valence-corrected chi connectivity index (χ4v) is 2.75. The lowest BCUT2D eigenvalue weighted by atomic mass is 9.74. The Hall–Kier alpha value is -0.0400. The second-order valence-electron chi connectivity index (χ2n) is 4.35. The number of fused-ring (bicyclic) bond motifs is 1. The van der Waals surface area contributed by atoms with Crippen LogP contribution in [0.1, 0.15) is 80.6 Å². The van der Waals surface area contributed by atoms with Gasteiger partial charge in [-0.1, -0.05) is 60.8 Å². The van der Waals surface area contributed by atoms with Crippen LogP contribution in [0.5, 0.6) is 0 Å². The highest BCUT2D eigenvalue weighted by Crippen LogP contribution is 2.34. The molecule has 0 aromatic rings. The molecule has 0 spiro atoms. The van der Waals surface area contributed by atoms with Crippen LogP contribution in [0.25, 0.3) is 0 Å². The zero-order chi connectivity index (χ0) is 13.7. The molecule has 1 aliphatic heterocycles. The third-order valence-electron chi connectivity index (χ3n) is 3.45. The van der Waals surface area contributed by atoms with Crippen molar-refractivity contribution >= 4 is 0 Å². The molecule has 3 atom stereocenters. The predicted molar refractivity (Wildman–Crippen MR) is 81.6 cm³/mol. The second kappa shape index (κ2) is 14.0. The zero-order valence-corrected chi connectivity index (χ0v) is 13.5. The normalized spacial score (nSPS) is 30.2. The van der Waals surface area contributed by atoms with Crippen molar-refractivity contribution < 1.29 is 0 Å². The summed E-state index contributed by atoms with van der Waals surface area (Å²) in [5, 5.41) is 3.58. The van der Waals surface area contributed by atoms with Crippen LogP contribution in [-0.4, -0.2) is 12.6 Å². The van der Waals surface area contributed by atoms with Gasteiger partial charge in [0.2, 0.25) is 0 Å². The molecular formula is C16H37N. The third kappa shape index (κ3) is 7.81. The summed E-state index contributed by atoms with van der Waals surface area (Å²) in [6, 6.07) is 0.786. The van der Waals surface area contributed by atoms with Gasteiger partial charge in [-0.15, -0.1) is 0 Å². The van der Waals surface area contributed by atoms with Crippen LogP contribution in [0.15, 0.2) is 0 Å². The molecule has 1 N–H and O–H groups in total. The molecule has 0 aromatic heterocycles. The van der Waals surface area contributed by atoms with Gasteiger partial charge in [0.1, 0.15) is 0 Å². The van der Waals surface area contributed by atoms with Gasteiger partial charge in [-0.25, -0.2) is 0 Å². The summed E-state index contributed by atoms with van der Waals surface area (Å²) in [7, 11) is 0. The molecule has 2 aliphatic rings. The first-order valence-corrected chi connectivity index (χ1v) is 8.09. The topological polar surface area (TPSA) is 12.0 Å². The van der Waals surface area contributed by atoms with Crippen molar-refractivity contribution in [2.24, 2.45) is 11.8 Å². The Kier molecular flexibility index (Phi) is 15.9. The Bertz CT molecular complexity index is 133. The summed E-state index contributed by atoms with van der Waals surface area (Å²) >= 11 is 0. The van der Waals surface area contributed by atoms with E-state index >= 15 is 0 Å². The summed E-state index contributed by atoms with van der Waals surface area (Å²) in [6.07, 6.45) is 7.41. The van der Waals surface area contributed by atoms with Gasteiger partial charge in [0, 0.05) is 6.04 Å². The fourth-order valence-electron chi connectivity index (χ4n) is 2.75. The highest BCUT2D eigenvalue weighted by Gasteiger charge is 2.29. The molecule has 1 aliphatic carbocycles. The summed E-state index contributed by atoms with van der Waals surface area (Å²) in [4.78, 5) is 0. The number of hydrogen-bond donors (Lipinski definition) is 1. The van der Waals surface area contributed by atoms with Crippen molar-refractivity contribution in [1.82, 2.24) is 5.32 Å². The van der Waals surface area contributed by atoms with Gasteiger partial charge in [-0.05, 0) is 38.1 Å². The molecule has 0 radical (unpaired) electrons. The molecule has 2 rings (SSSR count). The molecule has 17 heavy (non-hydrogen) atoms. The maximum Gasteiger partial charge on any atom is 0.00415 e. The van der Waals surface area contributed by atoms with E-state index in [0.29, 0.717) is 0 Å². The Morgan fingerprint density at radius 2 is 1.24 bits per heavy atom. The van der Waals surface area contributed by atoms with Crippen LogP contribution in [0.2, 0.25) is 0 Å². The third-order valence-corrected chi connectivity index (χ3v) is 3.45. The van der Waals surface area contributed by atoms with E-state index in [9.17, 15) is 0 Å². The SMILES string of the molecule is CC.CC.CC.CC1CC2CCCCC2CN1. The molecule has 1 saturated heterocycles. The average Bonchev–Trinajstić information content (AvgIpc) is 2.45. The van der Waals surface area contributed by atoms with E-state index in [1.54, 1.807) is 0 Å². The van der Waals surface area contributed by atoms with Crippen molar-refractivity contribution in [3.8, 4) is 0 Å². The maximum atomic E-state index is 3.58. The zero-order valence-electron chi connectivity index (χ0n) is 13.5. The minimum absolute atomic E-state index is 0.786. The molecule has 0 aromatic carbocycles. The number of piperidine rings is 1. The van der Waals surface area contributed by atoms with E-state index in [4.69, 9.17) is 0 Å². The number of nitrogens with one attached hydrogen (secondary N) is 1. The van der Waals surface area contributed by atoms with Gasteiger partial charge >= 0.3 is 0 Å². The van der Waals surface area contributed by atoms with Gasteiger partial charge in [0.05, 0.1) is 0 Å². The van der Waals surface area contributed by atoms with Crippen LogP contribution in [0, 0.1) is 11.8 Å². The van der Waals surface area contributed by atoms with Gasteiger partial charge < -0.3 is 5.32 Å². The van der Waals surface area contributed by atoms with E-state index < -0.39 is 0 Å². The second-order valence-corrected chi connectivity index (χ2v) is 4.35. The smallest absolute Gasteiger partial charge is 0.00415 e. The van der Waals surface area contributed by atoms with E-state index in [2.05, 4.69) is 12.2 Å². The fraction of sp³-hybridized carbons (Fsp3) is 1.00. The Labute approximate surface area is 111 Å². The van der Waals surface area contributed by atoms with E-state index in [1.165, 1.54) is 38.6 Å². The molecule has 2 fully saturated rings. The van der Waals surface area contributed by atoms with Gasteiger partial charge in [-0.2, -0.15) is 0 Å². The minimum atomic E-state index is 0.786. The first kappa shape index (κ1) is 19.3. The number of hydrogen-bond acceptors (Lipinski definition) is 1. The summed E-state index contributed by atoms with van der Waals surface area (Å²) in [5.74, 6) is 2.10. The Balaban J connectivity index is 0. The highest BCUT2D eigenvalue weighted by molar-refractivity contribution is 4.84. The average molecular weight is 243 g/mol. The van der Waals surface area contributed by atoms with Crippen LogP contribution >= 0.6 is 0 Å². The first-order chi connectivity index (χ1) is 8.36. The van der Waals surface area contributed by atoms with Gasteiger partial charge in [0.15, 0.2) is 0 Å². The molecule has 1 saturated carbocycles. The van der Waals surface area contributed by atoms with Crippen molar-refractivity contribution in [1.29, 1.82) is 0 Å². The van der Waals surface area contributed by atoms with E-state index in [0.717, 1.165) is 17.9 Å². The van der Waals surface area contributed by atoms with Crippen molar-refractivity contribution in [3.05, 3.63) is 0 Å². The van der Waals surface area contributed by atoms with E-state index in [1.807, 2.05) is 41.5 Å². The number of rotatable bonds is 0. The van der Waals surface area contributed by atoms with Gasteiger partial charge in [-0.3, -0.25) is 0 Å². The molecule has 0 bridgehead atoms. The molecular weight excluding hydrogens is 206 g/mol. The largest absolute Gasteiger partial charge is 0.314 e. The molecule has 1 heteroatoms. The standard InChI is InChI=1S/C10H19N.3C2H6/c1-8-6-9-4-2-3-5-10(9)7-11-8;3*1-2/h8-11H,2-7H2,1H3;3*1-2H3. The molecule has 3 unspecified atom stereocenters. The van der Waals surface area contributed by atoms with Crippen molar-refractivity contribution in [2.75, 3.05) is 6.54 Å². The predicted octanol–water partition coefficient (Wildman–Crippen LogP) is 5.25. The lowest BCUT2D eigenvalue weighted by Gasteiger charge is -2.38. The molecule has 106 valence electrons. The molecule has 1 nitrogen and oxygen atoms in total. The van der Waals surface area contributed by atoms with Crippen molar-refractivity contribution in [2.45, 2.75) is 86.6 Å². The lowest BCUT2D eigenvalue weighted by molar-refractivity contribution is 0.159. The van der Waals surface area contributed by atoms with Gasteiger partial charge in [0.25, 0.3) is 0 Å². The highest BCUT2D eigenvalue weighted by atomic mass is 14.9. The van der Waals surface area contributed by atoms with Crippen LogP contribution < -0.4 is 5.32 Å². The Morgan fingerprint density at radius 1 is 0.765 bits per heavy atom. The van der Waals surface area contributed by atoms with Crippen LogP contribution in [-0.2, 0) is 0 Å². The first-order valence-electron chi connectivity index (χ1n) is 8.09. The molecule has 1 heterocycles. The summed E-state index contributed by atoms with van der Waals surface area (Å²) in [5.41, 5.74) is 0. The molecule has 0 amide bonds. The van der Waals surface area contributed by atoms with E-state index in [-0.39, 0.29) is 0 Å². The van der Waals surface area contributed by atoms with Crippen molar-refractivity contribution in [3.63, 3.8) is 0 Å². The monoisotopic (exact) mass is 243 g/mol.